The summed E-state index contributed by atoms with van der Waals surface area (Å²) < 4.78 is 28.4. The molecule has 20 heteroatoms. The highest BCUT2D eigenvalue weighted by Crippen LogP contribution is 2.57. The van der Waals surface area contributed by atoms with Crippen LogP contribution in [0.2, 0.25) is 0 Å². The van der Waals surface area contributed by atoms with E-state index in [0.29, 0.717) is 0 Å². The van der Waals surface area contributed by atoms with E-state index in [1.54, 1.807) is 6.92 Å². The maximum Gasteiger partial charge on any atom is 0.322 e. The van der Waals surface area contributed by atoms with Crippen LogP contribution in [-0.4, -0.2) is 150 Å². The minimum Gasteiger partial charge on any atom is -0.507 e. The Morgan fingerprint density at radius 3 is 2.14 bits per heavy atom. The van der Waals surface area contributed by atoms with E-state index >= 15 is 0 Å². The molecule has 4 aliphatic rings. The fourth-order valence-corrected chi connectivity index (χ4v) is 7.93. The van der Waals surface area contributed by atoms with Crippen molar-refractivity contribution in [1.82, 2.24) is 5.32 Å². The lowest BCUT2D eigenvalue weighted by atomic mass is 9.74. The first-order chi connectivity index (χ1) is 27.9. The molecule has 11 N–H and O–H groups in total. The molecular weight excluding hydrogens is 786 g/mol. The Kier molecular flexibility index (Phi) is 11.2. The molecule has 2 aliphatic carbocycles. The molecule has 2 heterocycles. The number of ether oxygens (including phenoxy) is 5. The summed E-state index contributed by atoms with van der Waals surface area (Å²) in [4.78, 5) is 52.7. The van der Waals surface area contributed by atoms with Crippen LogP contribution in [0.3, 0.4) is 0 Å². The van der Waals surface area contributed by atoms with Gasteiger partial charge in [0.15, 0.2) is 24.1 Å². The number of aliphatic hydroxyl groups is 6. The first-order valence-corrected chi connectivity index (χ1v) is 18.4. The van der Waals surface area contributed by atoms with Crippen molar-refractivity contribution in [2.75, 3.05) is 19.8 Å². The minimum atomic E-state index is -1.95. The lowest BCUT2D eigenvalue weighted by Crippen LogP contribution is -2.62. The van der Waals surface area contributed by atoms with Crippen molar-refractivity contribution in [2.45, 2.75) is 88.3 Å². The third-order valence-corrected chi connectivity index (χ3v) is 10.8. The highest BCUT2D eigenvalue weighted by molar-refractivity contribution is 6.31. The van der Waals surface area contributed by atoms with Gasteiger partial charge in [-0.1, -0.05) is 6.07 Å². The van der Waals surface area contributed by atoms with Gasteiger partial charge in [0.25, 0.3) is 5.91 Å². The first kappa shape index (κ1) is 41.9. The SMILES string of the molecule is CCOc1cc(O)c2c(c1)C(=O)c1c(cc3c(c1O)-c1c(cc(C)c(C(=O)NCC(=O)O)c1O)[C@H](O[C@@H]1O[C@H](C)[C@H](O)[C@H](O[C@@H]4OC[C@@H](O)[C@H](O)[C@H]4O)[C@H]1O)[C@H]3O)C2=O. The zero-order valence-corrected chi connectivity index (χ0v) is 31.4. The number of carboxylic acids is 1. The minimum absolute atomic E-state index is 0.00393. The van der Waals surface area contributed by atoms with E-state index in [1.807, 2.05) is 0 Å². The molecule has 0 radical (unpaired) electrons. The summed E-state index contributed by atoms with van der Waals surface area (Å²) in [7, 11) is 0. The lowest BCUT2D eigenvalue weighted by molar-refractivity contribution is -0.353. The number of ketones is 2. The molecule has 2 saturated heterocycles. The number of carboxylic acid groups (broad SMARTS) is 1. The van der Waals surface area contributed by atoms with Gasteiger partial charge in [-0.15, -0.1) is 0 Å². The highest BCUT2D eigenvalue weighted by atomic mass is 16.7. The molecule has 2 fully saturated rings. The van der Waals surface area contributed by atoms with Crippen LogP contribution in [0.4, 0.5) is 0 Å². The molecular formula is C39H41NO19. The predicted octanol–water partition coefficient (Wildman–Crippen LogP) is -0.837. The summed E-state index contributed by atoms with van der Waals surface area (Å²) in [5, 5.41) is 111. The number of amides is 1. The standard InChI is InChI=1S/C39H41NO19/c1-4-55-13-6-14-22(18(41)7-13)27(46)16-8-15-23(32(51)25(16)28(14)47)24-17(5-11(2)21(31(24)50)37(54)40-9-20(43)44)35(29(15)48)58-39-34(53)36(26(45)12(3)57-39)59-38-33(52)30(49)19(42)10-56-38/h5-8,12,19,26,29-30,33-36,38-39,41-42,45,48-53H,4,9-10H2,1-3H3,(H,40,54)(H,43,44)/t12-,19-,26+,29+,30+,33-,34-,35+,36+,38+,39+/m1/s1. The number of aliphatic hydroxyl groups excluding tert-OH is 6. The molecule has 7 rings (SSSR count). The highest BCUT2D eigenvalue weighted by Gasteiger charge is 2.51. The molecule has 316 valence electrons. The van der Waals surface area contributed by atoms with E-state index in [4.69, 9.17) is 23.7 Å². The van der Waals surface area contributed by atoms with Gasteiger partial charge in [-0.3, -0.25) is 19.2 Å². The third kappa shape index (κ3) is 6.95. The van der Waals surface area contributed by atoms with Gasteiger partial charge in [0.05, 0.1) is 36.0 Å². The van der Waals surface area contributed by atoms with E-state index in [2.05, 4.69) is 5.32 Å². The molecule has 0 saturated carbocycles. The molecule has 59 heavy (non-hydrogen) atoms. The number of benzene rings is 3. The molecule has 20 nitrogen and oxygen atoms in total. The maximum atomic E-state index is 14.1. The number of hydrogen-bond acceptors (Lipinski definition) is 18. The number of phenolic OH excluding ortho intramolecular Hbond substituents is 3. The monoisotopic (exact) mass is 827 g/mol. The van der Waals surface area contributed by atoms with Crippen molar-refractivity contribution < 1.29 is 93.9 Å². The first-order valence-electron chi connectivity index (χ1n) is 18.4. The summed E-state index contributed by atoms with van der Waals surface area (Å²) in [5.74, 6) is -6.73. The average molecular weight is 828 g/mol. The van der Waals surface area contributed by atoms with Gasteiger partial charge in [-0.2, -0.15) is 0 Å². The second-order valence-electron chi connectivity index (χ2n) is 14.6. The lowest BCUT2D eigenvalue weighted by Gasteiger charge is -2.45. The second-order valence-corrected chi connectivity index (χ2v) is 14.6. The normalized spacial score (nSPS) is 29.8. The van der Waals surface area contributed by atoms with Gasteiger partial charge in [-0.25, -0.2) is 0 Å². The number of carbonyl (C=O) groups excluding carboxylic acids is 3. The number of aryl methyl sites for hydroxylation is 1. The number of carbonyl (C=O) groups is 4. The quantitative estimate of drug-likeness (QED) is 0.0980. The molecule has 2 aliphatic heterocycles. The van der Waals surface area contributed by atoms with E-state index in [-0.39, 0.29) is 34.6 Å². The van der Waals surface area contributed by atoms with Gasteiger partial charge >= 0.3 is 5.97 Å². The van der Waals surface area contributed by atoms with Crippen molar-refractivity contribution in [3.8, 4) is 34.1 Å². The molecule has 3 aromatic rings. The van der Waals surface area contributed by atoms with Crippen molar-refractivity contribution in [3.05, 3.63) is 68.8 Å². The van der Waals surface area contributed by atoms with Crippen LogP contribution in [0.15, 0.2) is 24.3 Å². The van der Waals surface area contributed by atoms with Crippen LogP contribution in [0.1, 0.15) is 84.9 Å². The number of hydrogen-bond donors (Lipinski definition) is 11. The number of fused-ring (bicyclic) bond motifs is 5. The molecule has 1 amide bonds. The van der Waals surface area contributed by atoms with Crippen molar-refractivity contribution in [2.24, 2.45) is 0 Å². The van der Waals surface area contributed by atoms with Gasteiger partial charge in [-0.05, 0) is 49.6 Å². The van der Waals surface area contributed by atoms with E-state index in [1.165, 1.54) is 26.0 Å². The predicted molar refractivity (Wildman–Crippen MR) is 194 cm³/mol. The van der Waals surface area contributed by atoms with Crippen molar-refractivity contribution in [3.63, 3.8) is 0 Å². The number of phenols is 3. The van der Waals surface area contributed by atoms with Gasteiger partial charge in [0.1, 0.15) is 78.4 Å². The summed E-state index contributed by atoms with van der Waals surface area (Å²) in [6, 6.07) is 4.63. The van der Waals surface area contributed by atoms with Crippen molar-refractivity contribution >= 4 is 23.4 Å². The average Bonchev–Trinajstić information content (AvgIpc) is 3.17. The molecule has 0 aromatic heterocycles. The van der Waals surface area contributed by atoms with E-state index in [9.17, 15) is 70.2 Å². The third-order valence-electron chi connectivity index (χ3n) is 10.8. The largest absolute Gasteiger partial charge is 0.507 e. The van der Waals surface area contributed by atoms with Crippen LogP contribution in [0.25, 0.3) is 11.1 Å². The maximum absolute atomic E-state index is 14.1. The zero-order valence-electron chi connectivity index (χ0n) is 31.4. The van der Waals surface area contributed by atoms with Gasteiger partial charge in [0.2, 0.25) is 0 Å². The van der Waals surface area contributed by atoms with Crippen LogP contribution < -0.4 is 10.1 Å². The molecule has 0 bridgehead atoms. The van der Waals surface area contributed by atoms with E-state index in [0.717, 1.165) is 12.1 Å². The summed E-state index contributed by atoms with van der Waals surface area (Å²) in [5.41, 5.74) is -3.61. The molecule has 0 spiro atoms. The molecule has 3 aromatic carbocycles. The smallest absolute Gasteiger partial charge is 0.322 e. The Morgan fingerprint density at radius 1 is 0.797 bits per heavy atom. The Labute approximate surface area is 333 Å². The molecule has 11 atom stereocenters. The Bertz CT molecular complexity index is 2240. The summed E-state index contributed by atoms with van der Waals surface area (Å²) in [6.07, 6.45) is -18.5. The number of nitrogens with one attached hydrogen (secondary N) is 1. The van der Waals surface area contributed by atoms with Crippen molar-refractivity contribution in [1.29, 1.82) is 0 Å². The topological polar surface area (TPSA) is 329 Å². The fourth-order valence-electron chi connectivity index (χ4n) is 7.93. The number of aliphatic carboxylic acids is 1. The van der Waals surface area contributed by atoms with Gasteiger partial charge < -0.3 is 80.1 Å². The van der Waals surface area contributed by atoms with Crippen LogP contribution >= 0.6 is 0 Å². The summed E-state index contributed by atoms with van der Waals surface area (Å²) >= 11 is 0. The Balaban J connectivity index is 1.35. The van der Waals surface area contributed by atoms with Crippen LogP contribution in [0, 0.1) is 6.92 Å². The van der Waals surface area contributed by atoms with Crippen LogP contribution in [0.5, 0.6) is 23.0 Å². The second kappa shape index (κ2) is 15.7. The van der Waals surface area contributed by atoms with E-state index < -0.39 is 155 Å². The summed E-state index contributed by atoms with van der Waals surface area (Å²) in [6.45, 7) is 3.19. The Hall–Kier alpha value is -5.26. The Morgan fingerprint density at radius 2 is 1.46 bits per heavy atom. The number of rotatable bonds is 9. The number of aromatic hydroxyl groups is 3. The fraction of sp³-hybridized carbons (Fsp3) is 0.436. The zero-order chi connectivity index (χ0) is 42.9. The van der Waals surface area contributed by atoms with Crippen LogP contribution in [-0.2, 0) is 23.7 Å². The molecule has 0 unspecified atom stereocenters. The van der Waals surface area contributed by atoms with Gasteiger partial charge in [0, 0.05) is 28.3 Å².